The van der Waals surface area contributed by atoms with E-state index in [0.717, 1.165) is 22.7 Å². The molecule has 0 aliphatic rings. The van der Waals surface area contributed by atoms with Gasteiger partial charge < -0.3 is 14.8 Å². The van der Waals surface area contributed by atoms with Crippen LogP contribution in [0.4, 0.5) is 5.69 Å². The third kappa shape index (κ3) is 3.37. The van der Waals surface area contributed by atoms with Crippen molar-refractivity contribution in [3.8, 4) is 11.5 Å². The standard InChI is InChI=1S/C15H18N2O2/c1-11-4-5-13(16-9-11)10-17-12-6-7-14(18-2)15(8-12)19-3/h4-9,17H,10H2,1-3H3. The number of aryl methyl sites for hydroxylation is 1. The predicted molar refractivity (Wildman–Crippen MR) is 75.8 cm³/mol. The van der Waals surface area contributed by atoms with Crippen molar-refractivity contribution in [1.82, 2.24) is 4.98 Å². The van der Waals surface area contributed by atoms with Gasteiger partial charge in [-0.05, 0) is 30.7 Å². The molecule has 0 atom stereocenters. The lowest BCUT2D eigenvalue weighted by atomic mass is 10.2. The van der Waals surface area contributed by atoms with Crippen molar-refractivity contribution in [3.63, 3.8) is 0 Å². The number of nitrogens with zero attached hydrogens (tertiary/aromatic N) is 1. The van der Waals surface area contributed by atoms with E-state index in [-0.39, 0.29) is 0 Å². The Bertz CT molecular complexity index is 538. The lowest BCUT2D eigenvalue weighted by Crippen LogP contribution is -2.02. The Kier molecular flexibility index (Phi) is 4.23. The fourth-order valence-electron chi connectivity index (χ4n) is 1.74. The van der Waals surface area contributed by atoms with Crippen LogP contribution in [-0.2, 0) is 6.54 Å². The molecule has 0 fully saturated rings. The lowest BCUT2D eigenvalue weighted by molar-refractivity contribution is 0.355. The van der Waals surface area contributed by atoms with E-state index in [1.165, 1.54) is 0 Å². The second-order valence-corrected chi connectivity index (χ2v) is 4.25. The minimum atomic E-state index is 0.676. The molecular formula is C15H18N2O2. The number of hydrogen-bond acceptors (Lipinski definition) is 4. The molecule has 19 heavy (non-hydrogen) atoms. The molecule has 1 aromatic carbocycles. The molecule has 4 heteroatoms. The number of hydrogen-bond donors (Lipinski definition) is 1. The maximum absolute atomic E-state index is 5.26. The molecule has 0 amide bonds. The predicted octanol–water partition coefficient (Wildman–Crippen LogP) is 3.02. The average molecular weight is 258 g/mol. The summed E-state index contributed by atoms with van der Waals surface area (Å²) >= 11 is 0. The largest absolute Gasteiger partial charge is 0.493 e. The van der Waals surface area contributed by atoms with Crippen molar-refractivity contribution in [1.29, 1.82) is 0 Å². The van der Waals surface area contributed by atoms with Crippen LogP contribution in [0.25, 0.3) is 0 Å². The maximum atomic E-state index is 5.26. The van der Waals surface area contributed by atoms with Gasteiger partial charge >= 0.3 is 0 Å². The highest BCUT2D eigenvalue weighted by atomic mass is 16.5. The van der Waals surface area contributed by atoms with Crippen molar-refractivity contribution in [2.75, 3.05) is 19.5 Å². The summed E-state index contributed by atoms with van der Waals surface area (Å²) in [6, 6.07) is 9.81. The Hall–Kier alpha value is -2.23. The minimum Gasteiger partial charge on any atom is -0.493 e. The Balaban J connectivity index is 2.05. The second-order valence-electron chi connectivity index (χ2n) is 4.25. The molecular weight excluding hydrogens is 240 g/mol. The van der Waals surface area contributed by atoms with E-state index >= 15 is 0 Å². The van der Waals surface area contributed by atoms with Crippen LogP contribution in [0.3, 0.4) is 0 Å². The van der Waals surface area contributed by atoms with Crippen molar-refractivity contribution >= 4 is 5.69 Å². The number of anilines is 1. The zero-order valence-corrected chi connectivity index (χ0v) is 11.4. The molecule has 1 N–H and O–H groups in total. The Morgan fingerprint density at radius 3 is 2.47 bits per heavy atom. The third-order valence-electron chi connectivity index (χ3n) is 2.83. The molecule has 0 aliphatic carbocycles. The van der Waals surface area contributed by atoms with Gasteiger partial charge in [0.25, 0.3) is 0 Å². The molecule has 4 nitrogen and oxygen atoms in total. The SMILES string of the molecule is COc1ccc(NCc2ccc(C)cn2)cc1OC. The van der Waals surface area contributed by atoms with Gasteiger partial charge in [0.2, 0.25) is 0 Å². The Labute approximate surface area is 113 Å². The first-order valence-corrected chi connectivity index (χ1v) is 6.10. The van der Waals surface area contributed by atoms with E-state index in [1.54, 1.807) is 14.2 Å². The maximum Gasteiger partial charge on any atom is 0.162 e. The van der Waals surface area contributed by atoms with Gasteiger partial charge in [-0.1, -0.05) is 6.07 Å². The molecule has 0 saturated heterocycles. The summed E-state index contributed by atoms with van der Waals surface area (Å²) in [5, 5.41) is 3.31. The Morgan fingerprint density at radius 1 is 1.05 bits per heavy atom. The van der Waals surface area contributed by atoms with Crippen LogP contribution in [0.1, 0.15) is 11.3 Å². The lowest BCUT2D eigenvalue weighted by Gasteiger charge is -2.11. The number of pyridine rings is 1. The zero-order chi connectivity index (χ0) is 13.7. The molecule has 2 rings (SSSR count). The number of benzene rings is 1. The fourth-order valence-corrected chi connectivity index (χ4v) is 1.74. The van der Waals surface area contributed by atoms with Gasteiger partial charge in [-0.25, -0.2) is 0 Å². The first-order valence-electron chi connectivity index (χ1n) is 6.10. The van der Waals surface area contributed by atoms with E-state index in [9.17, 15) is 0 Å². The molecule has 0 bridgehead atoms. The molecule has 0 saturated carbocycles. The van der Waals surface area contributed by atoms with Crippen molar-refractivity contribution < 1.29 is 9.47 Å². The molecule has 100 valence electrons. The van der Waals surface area contributed by atoms with Crippen LogP contribution in [0, 0.1) is 6.92 Å². The number of nitrogens with one attached hydrogen (secondary N) is 1. The highest BCUT2D eigenvalue weighted by Gasteiger charge is 2.04. The summed E-state index contributed by atoms with van der Waals surface area (Å²) in [5.74, 6) is 1.44. The van der Waals surface area contributed by atoms with E-state index in [2.05, 4.69) is 16.4 Å². The van der Waals surface area contributed by atoms with Gasteiger partial charge in [0.1, 0.15) is 0 Å². The summed E-state index contributed by atoms with van der Waals surface area (Å²) in [7, 11) is 3.25. The molecule has 2 aromatic rings. The second kappa shape index (κ2) is 6.09. The Morgan fingerprint density at radius 2 is 1.84 bits per heavy atom. The normalized spacial score (nSPS) is 10.1. The van der Waals surface area contributed by atoms with Crippen LogP contribution in [0.15, 0.2) is 36.5 Å². The number of methoxy groups -OCH3 is 2. The van der Waals surface area contributed by atoms with Crippen molar-refractivity contribution in [3.05, 3.63) is 47.8 Å². The summed E-state index contributed by atoms with van der Waals surface area (Å²) in [6.45, 7) is 2.70. The first kappa shape index (κ1) is 13.2. The van der Waals surface area contributed by atoms with Gasteiger partial charge in [0.05, 0.1) is 26.5 Å². The van der Waals surface area contributed by atoms with Crippen LogP contribution in [-0.4, -0.2) is 19.2 Å². The van der Waals surface area contributed by atoms with Gasteiger partial charge in [-0.2, -0.15) is 0 Å². The molecule has 0 radical (unpaired) electrons. The topological polar surface area (TPSA) is 43.4 Å². The molecule has 0 unspecified atom stereocenters. The molecule has 0 spiro atoms. The van der Waals surface area contributed by atoms with Gasteiger partial charge in [-0.3, -0.25) is 4.98 Å². The third-order valence-corrected chi connectivity index (χ3v) is 2.83. The summed E-state index contributed by atoms with van der Waals surface area (Å²) < 4.78 is 10.5. The van der Waals surface area contributed by atoms with E-state index < -0.39 is 0 Å². The first-order chi connectivity index (χ1) is 9.22. The smallest absolute Gasteiger partial charge is 0.162 e. The number of ether oxygens (including phenoxy) is 2. The average Bonchev–Trinajstić information content (AvgIpc) is 2.46. The van der Waals surface area contributed by atoms with E-state index in [4.69, 9.17) is 9.47 Å². The summed E-state index contributed by atoms with van der Waals surface area (Å²) in [5.41, 5.74) is 3.13. The van der Waals surface area contributed by atoms with Gasteiger partial charge in [0.15, 0.2) is 11.5 Å². The van der Waals surface area contributed by atoms with Crippen LogP contribution in [0.2, 0.25) is 0 Å². The van der Waals surface area contributed by atoms with E-state index in [0.29, 0.717) is 12.3 Å². The molecule has 1 aromatic heterocycles. The minimum absolute atomic E-state index is 0.676. The van der Waals surface area contributed by atoms with Crippen LogP contribution < -0.4 is 14.8 Å². The monoisotopic (exact) mass is 258 g/mol. The quantitative estimate of drug-likeness (QED) is 0.895. The fraction of sp³-hybridized carbons (Fsp3) is 0.267. The van der Waals surface area contributed by atoms with Crippen LogP contribution in [0.5, 0.6) is 11.5 Å². The van der Waals surface area contributed by atoms with Gasteiger partial charge in [0, 0.05) is 18.0 Å². The highest BCUT2D eigenvalue weighted by molar-refractivity contribution is 5.54. The number of rotatable bonds is 5. The summed E-state index contributed by atoms with van der Waals surface area (Å²) in [6.07, 6.45) is 1.87. The molecule has 0 aliphatic heterocycles. The van der Waals surface area contributed by atoms with Crippen molar-refractivity contribution in [2.24, 2.45) is 0 Å². The van der Waals surface area contributed by atoms with Crippen LogP contribution >= 0.6 is 0 Å². The van der Waals surface area contributed by atoms with E-state index in [1.807, 2.05) is 37.4 Å². The zero-order valence-electron chi connectivity index (χ0n) is 11.4. The molecule has 1 heterocycles. The summed E-state index contributed by atoms with van der Waals surface area (Å²) in [4.78, 5) is 4.35. The van der Waals surface area contributed by atoms with Gasteiger partial charge in [-0.15, -0.1) is 0 Å². The van der Waals surface area contributed by atoms with Crippen molar-refractivity contribution in [2.45, 2.75) is 13.5 Å². The highest BCUT2D eigenvalue weighted by Crippen LogP contribution is 2.29. The number of aromatic nitrogens is 1.